The molecule has 0 atom stereocenters. The topological polar surface area (TPSA) is 80.0 Å². The van der Waals surface area contributed by atoms with Crippen molar-refractivity contribution >= 4 is 34.1 Å². The Hall–Kier alpha value is -1.38. The van der Waals surface area contributed by atoms with Crippen LogP contribution in [0.3, 0.4) is 0 Å². The molecule has 0 aromatic carbocycles. The summed E-state index contributed by atoms with van der Waals surface area (Å²) in [4.78, 5) is 21.1. The van der Waals surface area contributed by atoms with Gasteiger partial charge in [-0.05, 0) is 31.8 Å². The molecule has 0 saturated carbocycles. The van der Waals surface area contributed by atoms with Crippen LogP contribution in [0.25, 0.3) is 0 Å². The van der Waals surface area contributed by atoms with Gasteiger partial charge in [0.15, 0.2) is 5.13 Å². The van der Waals surface area contributed by atoms with Gasteiger partial charge in [0, 0.05) is 11.3 Å². The lowest BCUT2D eigenvalue weighted by molar-refractivity contribution is -0.120. The fourth-order valence-corrected chi connectivity index (χ4v) is 4.50. The number of aromatic nitrogens is 2. The molecule has 1 saturated heterocycles. The van der Waals surface area contributed by atoms with Crippen molar-refractivity contribution in [1.82, 2.24) is 15.3 Å². The van der Waals surface area contributed by atoms with E-state index in [1.807, 2.05) is 6.20 Å². The normalized spacial score (nSPS) is 16.0. The van der Waals surface area contributed by atoms with Gasteiger partial charge in [-0.3, -0.25) is 4.79 Å². The van der Waals surface area contributed by atoms with Crippen LogP contribution in [-0.4, -0.2) is 29.0 Å². The Morgan fingerprint density at radius 3 is 2.81 bits per heavy atom. The highest BCUT2D eigenvalue weighted by Gasteiger charge is 2.29. The largest absolute Gasteiger partial charge is 0.444 e. The number of oxazole rings is 1. The van der Waals surface area contributed by atoms with Crippen molar-refractivity contribution in [1.29, 1.82) is 0 Å². The first kappa shape index (κ1) is 20.4. The molecule has 8 heteroatoms. The molecular formula is C19H28N4O2S2. The second-order valence-corrected chi connectivity index (χ2v) is 10.1. The van der Waals surface area contributed by atoms with Crippen LogP contribution in [0.1, 0.15) is 52.2 Å². The summed E-state index contributed by atoms with van der Waals surface area (Å²) in [5.41, 5.74) is -0.0352. The third-order valence-corrected chi connectivity index (χ3v) is 7.49. The van der Waals surface area contributed by atoms with Gasteiger partial charge in [0.05, 0.1) is 22.4 Å². The number of nitrogens with zero attached hydrogens (tertiary/aromatic N) is 2. The summed E-state index contributed by atoms with van der Waals surface area (Å²) < 4.78 is 7.00. The van der Waals surface area contributed by atoms with Gasteiger partial charge in [0.1, 0.15) is 5.76 Å². The van der Waals surface area contributed by atoms with Crippen molar-refractivity contribution < 1.29 is 9.21 Å². The van der Waals surface area contributed by atoms with Gasteiger partial charge in [-0.1, -0.05) is 39.0 Å². The first-order valence-electron chi connectivity index (χ1n) is 9.41. The fraction of sp³-hybridized carbons (Fsp3) is 0.632. The van der Waals surface area contributed by atoms with Crippen LogP contribution in [0.4, 0.5) is 5.13 Å². The third-order valence-electron chi connectivity index (χ3n) is 5.39. The van der Waals surface area contributed by atoms with E-state index in [0.717, 1.165) is 41.8 Å². The summed E-state index contributed by atoms with van der Waals surface area (Å²) in [6.45, 7) is 10.5. The number of hydrogen-bond donors (Lipinski definition) is 2. The second kappa shape index (κ2) is 8.75. The van der Waals surface area contributed by atoms with E-state index in [1.54, 1.807) is 18.0 Å². The molecule has 0 unspecified atom stereocenters. The van der Waals surface area contributed by atoms with Crippen molar-refractivity contribution in [2.45, 2.75) is 55.9 Å². The van der Waals surface area contributed by atoms with E-state index in [0.29, 0.717) is 16.8 Å². The molecule has 3 heterocycles. The molecule has 0 spiro atoms. The van der Waals surface area contributed by atoms with Crippen LogP contribution >= 0.6 is 23.1 Å². The van der Waals surface area contributed by atoms with Gasteiger partial charge in [-0.25, -0.2) is 9.97 Å². The Morgan fingerprint density at radius 2 is 2.11 bits per heavy atom. The minimum absolute atomic E-state index is 0.0352. The average molecular weight is 409 g/mol. The quantitative estimate of drug-likeness (QED) is 0.665. The Bertz CT molecular complexity index is 763. The van der Waals surface area contributed by atoms with E-state index in [-0.39, 0.29) is 17.2 Å². The molecule has 1 aliphatic heterocycles. The van der Waals surface area contributed by atoms with Gasteiger partial charge in [0.25, 0.3) is 0 Å². The van der Waals surface area contributed by atoms with Crippen LogP contribution in [0.5, 0.6) is 0 Å². The summed E-state index contributed by atoms with van der Waals surface area (Å²) in [6.07, 6.45) is 5.42. The molecule has 148 valence electrons. The summed E-state index contributed by atoms with van der Waals surface area (Å²) >= 11 is 3.12. The number of piperidine rings is 1. The van der Waals surface area contributed by atoms with Crippen molar-refractivity contribution in [2.75, 3.05) is 18.4 Å². The summed E-state index contributed by atoms with van der Waals surface area (Å²) in [5.74, 6) is 2.93. The number of carbonyl (C=O) groups excluding carboxylic acids is 1. The molecular weight excluding hydrogens is 380 g/mol. The van der Waals surface area contributed by atoms with Crippen LogP contribution in [0, 0.1) is 11.8 Å². The molecule has 2 aromatic rings. The van der Waals surface area contributed by atoms with E-state index < -0.39 is 0 Å². The molecule has 27 heavy (non-hydrogen) atoms. The number of anilines is 1. The summed E-state index contributed by atoms with van der Waals surface area (Å²) in [5, 5.41) is 6.89. The Balaban J connectivity index is 1.52. The van der Waals surface area contributed by atoms with Crippen molar-refractivity contribution in [3.05, 3.63) is 24.0 Å². The zero-order chi connectivity index (χ0) is 19.4. The molecule has 0 bridgehead atoms. The van der Waals surface area contributed by atoms with E-state index >= 15 is 0 Å². The van der Waals surface area contributed by atoms with Crippen LogP contribution in [0.2, 0.25) is 0 Å². The lowest BCUT2D eigenvalue weighted by atomic mass is 9.79. The van der Waals surface area contributed by atoms with Crippen molar-refractivity contribution in [3.8, 4) is 0 Å². The average Bonchev–Trinajstić information content (AvgIpc) is 3.30. The van der Waals surface area contributed by atoms with E-state index in [4.69, 9.17) is 4.42 Å². The minimum atomic E-state index is -0.0352. The minimum Gasteiger partial charge on any atom is -0.444 e. The molecule has 0 aliphatic carbocycles. The molecule has 3 rings (SSSR count). The lowest BCUT2D eigenvalue weighted by Crippen LogP contribution is -2.34. The molecule has 0 radical (unpaired) electrons. The van der Waals surface area contributed by atoms with E-state index in [1.165, 1.54) is 11.3 Å². The van der Waals surface area contributed by atoms with E-state index in [2.05, 4.69) is 48.3 Å². The number of rotatable bonds is 7. The number of thiazole rings is 1. The van der Waals surface area contributed by atoms with Crippen molar-refractivity contribution in [3.63, 3.8) is 0 Å². The summed E-state index contributed by atoms with van der Waals surface area (Å²) in [7, 11) is 0. The predicted octanol–water partition coefficient (Wildman–Crippen LogP) is 4.30. The number of thioether (sulfide) groups is 1. The molecule has 1 amide bonds. The maximum atomic E-state index is 12.3. The highest BCUT2D eigenvalue weighted by atomic mass is 32.2. The number of nitrogens with one attached hydrogen (secondary N) is 2. The monoisotopic (exact) mass is 408 g/mol. The maximum absolute atomic E-state index is 12.3. The fourth-order valence-electron chi connectivity index (χ4n) is 2.77. The summed E-state index contributed by atoms with van der Waals surface area (Å²) in [6, 6.07) is 0. The second-order valence-electron chi connectivity index (χ2n) is 7.78. The van der Waals surface area contributed by atoms with Gasteiger partial charge >= 0.3 is 0 Å². The standard InChI is InChI=1S/C19H28N4O2S2/c1-12(2)19(3,4)14-9-21-15(25-14)11-26-16-10-22-18(27-16)23-17(24)13-5-7-20-8-6-13/h9-10,12-13,20H,5-8,11H2,1-4H3,(H,22,23,24). The molecule has 2 aromatic heterocycles. The van der Waals surface area contributed by atoms with Crippen LogP contribution in [0.15, 0.2) is 21.0 Å². The maximum Gasteiger partial charge on any atom is 0.229 e. The number of carbonyl (C=O) groups is 1. The first-order chi connectivity index (χ1) is 12.9. The number of amides is 1. The predicted molar refractivity (Wildman–Crippen MR) is 110 cm³/mol. The van der Waals surface area contributed by atoms with Crippen LogP contribution < -0.4 is 10.6 Å². The van der Waals surface area contributed by atoms with Crippen LogP contribution in [-0.2, 0) is 16.0 Å². The van der Waals surface area contributed by atoms with Gasteiger partial charge < -0.3 is 15.1 Å². The molecule has 1 fully saturated rings. The Morgan fingerprint density at radius 1 is 1.37 bits per heavy atom. The molecule has 2 N–H and O–H groups in total. The third kappa shape index (κ3) is 5.12. The van der Waals surface area contributed by atoms with Crippen molar-refractivity contribution in [2.24, 2.45) is 11.8 Å². The van der Waals surface area contributed by atoms with Gasteiger partial charge in [0.2, 0.25) is 11.8 Å². The zero-order valence-corrected chi connectivity index (χ0v) is 18.0. The van der Waals surface area contributed by atoms with E-state index in [9.17, 15) is 4.79 Å². The number of hydrogen-bond acceptors (Lipinski definition) is 7. The zero-order valence-electron chi connectivity index (χ0n) is 16.4. The Labute approximate surface area is 168 Å². The Kier molecular flexibility index (Phi) is 6.60. The highest BCUT2D eigenvalue weighted by molar-refractivity contribution is 8.00. The molecule has 1 aliphatic rings. The smallest absolute Gasteiger partial charge is 0.229 e. The highest BCUT2D eigenvalue weighted by Crippen LogP contribution is 2.34. The van der Waals surface area contributed by atoms with Gasteiger partial charge in [-0.15, -0.1) is 11.8 Å². The van der Waals surface area contributed by atoms with Gasteiger partial charge in [-0.2, -0.15) is 0 Å². The SMILES string of the molecule is CC(C)C(C)(C)c1cnc(CSc2cnc(NC(=O)C3CCNCC3)s2)o1. The first-order valence-corrected chi connectivity index (χ1v) is 11.2. The molecule has 6 nitrogen and oxygen atoms in total. The lowest BCUT2D eigenvalue weighted by Gasteiger charge is -2.25.